The summed E-state index contributed by atoms with van der Waals surface area (Å²) in [5.41, 5.74) is 1.76. The molecule has 1 aliphatic rings. The van der Waals surface area contributed by atoms with Gasteiger partial charge in [-0.1, -0.05) is 6.42 Å². The topological polar surface area (TPSA) is 39.9 Å². The van der Waals surface area contributed by atoms with Crippen molar-refractivity contribution in [2.75, 3.05) is 19.3 Å². The summed E-state index contributed by atoms with van der Waals surface area (Å²) >= 11 is 1.54. The molecule has 0 aliphatic carbocycles. The normalized spacial score (nSPS) is 16.7. The molecule has 1 aliphatic heterocycles. The number of hydrogen-bond acceptors (Lipinski definition) is 4. The number of pyridine rings is 1. The number of rotatable bonds is 3. The first kappa shape index (κ1) is 12.4. The van der Waals surface area contributed by atoms with Gasteiger partial charge in [0.15, 0.2) is 0 Å². The van der Waals surface area contributed by atoms with Gasteiger partial charge in [0.05, 0.1) is 11.3 Å². The van der Waals surface area contributed by atoms with Gasteiger partial charge in [-0.15, -0.1) is 11.8 Å². The Morgan fingerprint density at radius 3 is 2.76 bits per heavy atom. The van der Waals surface area contributed by atoms with Crippen molar-refractivity contribution in [1.29, 1.82) is 5.26 Å². The van der Waals surface area contributed by atoms with Crippen molar-refractivity contribution >= 4 is 11.8 Å². The molecule has 1 saturated heterocycles. The minimum Gasteiger partial charge on any atom is -0.298 e. The first-order chi connectivity index (χ1) is 8.33. The van der Waals surface area contributed by atoms with E-state index in [0.29, 0.717) is 5.56 Å². The molecule has 0 aromatic carbocycles. The predicted molar refractivity (Wildman–Crippen MR) is 69.9 cm³/mol. The van der Waals surface area contributed by atoms with Gasteiger partial charge in [-0.25, -0.2) is 4.98 Å². The highest BCUT2D eigenvalue weighted by Crippen LogP contribution is 2.19. The van der Waals surface area contributed by atoms with Crippen LogP contribution in [-0.4, -0.2) is 29.2 Å². The van der Waals surface area contributed by atoms with E-state index in [2.05, 4.69) is 16.0 Å². The lowest BCUT2D eigenvalue weighted by atomic mass is 10.1. The molecule has 0 N–H and O–H groups in total. The summed E-state index contributed by atoms with van der Waals surface area (Å²) in [5, 5.41) is 9.80. The molecular weight excluding hydrogens is 230 g/mol. The van der Waals surface area contributed by atoms with Gasteiger partial charge in [-0.05, 0) is 44.3 Å². The van der Waals surface area contributed by atoms with Crippen LogP contribution in [0.2, 0.25) is 0 Å². The average molecular weight is 247 g/mol. The van der Waals surface area contributed by atoms with Gasteiger partial charge in [0.25, 0.3) is 0 Å². The van der Waals surface area contributed by atoms with E-state index in [0.717, 1.165) is 17.3 Å². The molecule has 4 heteroatoms. The summed E-state index contributed by atoms with van der Waals surface area (Å²) in [6.07, 6.45) is 5.92. The van der Waals surface area contributed by atoms with Crippen molar-refractivity contribution in [1.82, 2.24) is 9.88 Å². The van der Waals surface area contributed by atoms with Crippen LogP contribution in [0.5, 0.6) is 0 Å². The van der Waals surface area contributed by atoms with Gasteiger partial charge in [0.1, 0.15) is 11.1 Å². The zero-order valence-electron chi connectivity index (χ0n) is 10.1. The van der Waals surface area contributed by atoms with E-state index >= 15 is 0 Å². The molecule has 1 fully saturated rings. The Labute approximate surface area is 107 Å². The second kappa shape index (κ2) is 6.04. The predicted octanol–water partition coefficient (Wildman–Crippen LogP) is 2.66. The Bertz CT molecular complexity index is 419. The van der Waals surface area contributed by atoms with Crippen LogP contribution in [0, 0.1) is 11.3 Å². The number of likely N-dealkylation sites (tertiary alicyclic amines) is 1. The smallest absolute Gasteiger partial charge is 0.114 e. The number of hydrogen-bond donors (Lipinski definition) is 0. The summed E-state index contributed by atoms with van der Waals surface area (Å²) in [5.74, 6) is 0. The Morgan fingerprint density at radius 1 is 1.35 bits per heavy atom. The fourth-order valence-electron chi connectivity index (χ4n) is 2.15. The fraction of sp³-hybridized carbons (Fsp3) is 0.538. The number of nitriles is 1. The van der Waals surface area contributed by atoms with Crippen molar-refractivity contribution < 1.29 is 0 Å². The van der Waals surface area contributed by atoms with Crippen LogP contribution in [0.1, 0.15) is 30.5 Å². The van der Waals surface area contributed by atoms with Crippen LogP contribution in [-0.2, 0) is 6.54 Å². The lowest BCUT2D eigenvalue weighted by Crippen LogP contribution is -2.29. The van der Waals surface area contributed by atoms with Crippen molar-refractivity contribution in [3.63, 3.8) is 0 Å². The zero-order chi connectivity index (χ0) is 12.1. The summed E-state index contributed by atoms with van der Waals surface area (Å²) in [6, 6.07) is 6.05. The maximum Gasteiger partial charge on any atom is 0.114 e. The fourth-order valence-corrected chi connectivity index (χ4v) is 2.70. The number of nitrogens with zero attached hydrogens (tertiary/aromatic N) is 3. The second-order valence-corrected chi connectivity index (χ2v) is 5.10. The third kappa shape index (κ3) is 3.21. The van der Waals surface area contributed by atoms with Crippen LogP contribution >= 0.6 is 11.8 Å². The summed E-state index contributed by atoms with van der Waals surface area (Å²) in [6.45, 7) is 3.27. The van der Waals surface area contributed by atoms with Gasteiger partial charge >= 0.3 is 0 Å². The average Bonchev–Trinajstić information content (AvgIpc) is 2.40. The van der Waals surface area contributed by atoms with E-state index in [1.165, 1.54) is 32.4 Å². The van der Waals surface area contributed by atoms with Gasteiger partial charge in [-0.2, -0.15) is 5.26 Å². The third-order valence-corrected chi connectivity index (χ3v) is 3.76. The summed E-state index contributed by atoms with van der Waals surface area (Å²) in [4.78, 5) is 7.00. The molecule has 17 heavy (non-hydrogen) atoms. The molecule has 0 bridgehead atoms. The van der Waals surface area contributed by atoms with Gasteiger partial charge in [0.2, 0.25) is 0 Å². The van der Waals surface area contributed by atoms with Crippen LogP contribution in [0.25, 0.3) is 0 Å². The largest absolute Gasteiger partial charge is 0.298 e. The van der Waals surface area contributed by atoms with E-state index in [9.17, 15) is 0 Å². The highest BCUT2D eigenvalue weighted by molar-refractivity contribution is 7.98. The number of aromatic nitrogens is 1. The minimum absolute atomic E-state index is 0.680. The molecular formula is C13H17N3S. The Balaban J connectivity index is 2.08. The zero-order valence-corrected chi connectivity index (χ0v) is 11.0. The molecule has 0 atom stereocenters. The summed E-state index contributed by atoms with van der Waals surface area (Å²) < 4.78 is 0. The van der Waals surface area contributed by atoms with Crippen LogP contribution < -0.4 is 0 Å². The Kier molecular flexibility index (Phi) is 4.41. The van der Waals surface area contributed by atoms with Crippen molar-refractivity contribution in [2.45, 2.75) is 30.8 Å². The maximum atomic E-state index is 8.95. The monoisotopic (exact) mass is 247 g/mol. The van der Waals surface area contributed by atoms with E-state index in [1.54, 1.807) is 11.8 Å². The third-order valence-electron chi connectivity index (χ3n) is 3.07. The maximum absolute atomic E-state index is 8.95. The van der Waals surface area contributed by atoms with E-state index in [4.69, 9.17) is 5.26 Å². The number of piperidine rings is 1. The molecule has 2 heterocycles. The SMILES string of the molecule is CSc1nc(CN2CCCCC2)ccc1C#N. The molecule has 1 aromatic heterocycles. The van der Waals surface area contributed by atoms with E-state index in [1.807, 2.05) is 18.4 Å². The van der Waals surface area contributed by atoms with E-state index < -0.39 is 0 Å². The van der Waals surface area contributed by atoms with Gasteiger partial charge in [-0.3, -0.25) is 4.90 Å². The molecule has 0 unspecified atom stereocenters. The minimum atomic E-state index is 0.680. The molecule has 0 radical (unpaired) electrons. The molecule has 2 rings (SSSR count). The molecule has 1 aromatic rings. The first-order valence-electron chi connectivity index (χ1n) is 6.00. The van der Waals surface area contributed by atoms with E-state index in [-0.39, 0.29) is 0 Å². The first-order valence-corrected chi connectivity index (χ1v) is 7.22. The van der Waals surface area contributed by atoms with Gasteiger partial charge < -0.3 is 0 Å². The molecule has 3 nitrogen and oxygen atoms in total. The summed E-state index contributed by atoms with van der Waals surface area (Å²) in [7, 11) is 0. The van der Waals surface area contributed by atoms with Crippen LogP contribution in [0.4, 0.5) is 0 Å². The molecule has 90 valence electrons. The highest BCUT2D eigenvalue weighted by atomic mass is 32.2. The highest BCUT2D eigenvalue weighted by Gasteiger charge is 2.12. The molecule has 0 saturated carbocycles. The van der Waals surface area contributed by atoms with Crippen molar-refractivity contribution in [3.8, 4) is 6.07 Å². The standard InChI is InChI=1S/C13H17N3S/c1-17-13-11(9-14)5-6-12(15-13)10-16-7-3-2-4-8-16/h5-6H,2-4,7-8,10H2,1H3. The Hall–Kier alpha value is -1.05. The molecule has 0 amide bonds. The molecule has 0 spiro atoms. The van der Waals surface area contributed by atoms with Crippen LogP contribution in [0.3, 0.4) is 0 Å². The second-order valence-electron chi connectivity index (χ2n) is 4.31. The van der Waals surface area contributed by atoms with Crippen LogP contribution in [0.15, 0.2) is 17.2 Å². The Morgan fingerprint density at radius 2 is 2.12 bits per heavy atom. The van der Waals surface area contributed by atoms with Crippen molar-refractivity contribution in [3.05, 3.63) is 23.4 Å². The van der Waals surface area contributed by atoms with Crippen molar-refractivity contribution in [2.24, 2.45) is 0 Å². The number of thioether (sulfide) groups is 1. The lowest BCUT2D eigenvalue weighted by Gasteiger charge is -2.26. The van der Waals surface area contributed by atoms with Gasteiger partial charge in [0, 0.05) is 6.54 Å². The quantitative estimate of drug-likeness (QED) is 0.770. The lowest BCUT2D eigenvalue weighted by molar-refractivity contribution is 0.218.